The molecule has 0 saturated heterocycles. The van der Waals surface area contributed by atoms with Crippen molar-refractivity contribution >= 4 is 21.9 Å². The Hall–Kier alpha value is -1.63. The summed E-state index contributed by atoms with van der Waals surface area (Å²) in [5.41, 5.74) is 4.66. The normalized spacial score (nSPS) is 11.3. The van der Waals surface area contributed by atoms with E-state index in [1.807, 2.05) is 0 Å². The van der Waals surface area contributed by atoms with Crippen LogP contribution < -0.4 is 5.73 Å². The molecule has 1 aromatic carbocycles. The zero-order valence-electron chi connectivity index (χ0n) is 7.69. The molecule has 0 saturated carbocycles. The quantitative estimate of drug-likeness (QED) is 0.585. The van der Waals surface area contributed by atoms with Crippen LogP contribution in [-0.2, 0) is 10.2 Å². The first-order chi connectivity index (χ1) is 6.73. The monoisotopic (exact) mass is 233 g/mol. The van der Waals surface area contributed by atoms with E-state index in [-0.39, 0.29) is 16.8 Å². The van der Waals surface area contributed by atoms with Gasteiger partial charge in [-0.3, -0.25) is 0 Å². The van der Waals surface area contributed by atoms with Gasteiger partial charge in [-0.1, -0.05) is 0 Å². The Balaban J connectivity index is 3.63. The minimum atomic E-state index is -4.96. The molecule has 82 valence electrons. The molecule has 5 nitrogen and oxygen atoms in total. The minimum absolute atomic E-state index is 0.116. The molecule has 0 amide bonds. The highest BCUT2D eigenvalue weighted by Gasteiger charge is 2.21. The number of rotatable bonds is 2. The smallest absolute Gasteiger partial charge is 0.336 e. The molecule has 0 aliphatic carbocycles. The zero-order chi connectivity index (χ0) is 11.8. The number of carbonyl (C=O) groups is 1. The standard InChI is InChI=1S/C8H8FNO4S/c1-4-6(8(11)12)2-5(10)3-7(4)15(9,13)14/h2-3H,10H2,1H3,(H,11,12). The lowest BCUT2D eigenvalue weighted by Gasteiger charge is -2.06. The number of hydrogen-bond donors (Lipinski definition) is 2. The van der Waals surface area contributed by atoms with E-state index >= 15 is 0 Å². The van der Waals surface area contributed by atoms with Gasteiger partial charge in [0.2, 0.25) is 0 Å². The number of anilines is 1. The molecule has 1 rings (SSSR count). The number of halogens is 1. The van der Waals surface area contributed by atoms with Crippen molar-refractivity contribution in [2.45, 2.75) is 11.8 Å². The average molecular weight is 233 g/mol. The fraction of sp³-hybridized carbons (Fsp3) is 0.125. The Morgan fingerprint density at radius 2 is 2.00 bits per heavy atom. The van der Waals surface area contributed by atoms with Crippen LogP contribution in [0.2, 0.25) is 0 Å². The second-order valence-corrected chi connectivity index (χ2v) is 4.25. The summed E-state index contributed by atoms with van der Waals surface area (Å²) >= 11 is 0. The molecule has 15 heavy (non-hydrogen) atoms. The molecule has 0 atom stereocenters. The molecular weight excluding hydrogens is 225 g/mol. The highest BCUT2D eigenvalue weighted by molar-refractivity contribution is 7.86. The molecule has 1 aromatic rings. The summed E-state index contributed by atoms with van der Waals surface area (Å²) in [4.78, 5) is 9.97. The first-order valence-electron chi connectivity index (χ1n) is 3.81. The highest BCUT2D eigenvalue weighted by Crippen LogP contribution is 2.24. The summed E-state index contributed by atoms with van der Waals surface area (Å²) in [6.07, 6.45) is 0. The van der Waals surface area contributed by atoms with Crippen molar-refractivity contribution in [1.29, 1.82) is 0 Å². The van der Waals surface area contributed by atoms with Gasteiger partial charge in [-0.05, 0) is 24.6 Å². The van der Waals surface area contributed by atoms with E-state index in [0.717, 1.165) is 12.1 Å². The van der Waals surface area contributed by atoms with Gasteiger partial charge in [0, 0.05) is 5.69 Å². The SMILES string of the molecule is Cc1c(C(=O)O)cc(N)cc1S(=O)(=O)F. The van der Waals surface area contributed by atoms with Gasteiger partial charge in [-0.2, -0.15) is 8.42 Å². The molecule has 0 unspecified atom stereocenters. The molecule has 0 aliphatic heterocycles. The predicted molar refractivity (Wildman–Crippen MR) is 50.8 cm³/mol. The van der Waals surface area contributed by atoms with E-state index in [2.05, 4.69) is 0 Å². The summed E-state index contributed by atoms with van der Waals surface area (Å²) in [6.45, 7) is 1.20. The molecule has 0 aromatic heterocycles. The van der Waals surface area contributed by atoms with Crippen LogP contribution in [0.5, 0.6) is 0 Å². The summed E-state index contributed by atoms with van der Waals surface area (Å²) in [7, 11) is -4.96. The maximum atomic E-state index is 12.7. The van der Waals surface area contributed by atoms with Gasteiger partial charge in [0.05, 0.1) is 5.56 Å². The number of carboxylic acids is 1. The second-order valence-electron chi connectivity index (χ2n) is 2.93. The van der Waals surface area contributed by atoms with Crippen molar-refractivity contribution in [3.63, 3.8) is 0 Å². The fourth-order valence-electron chi connectivity index (χ4n) is 1.18. The molecule has 0 spiro atoms. The Morgan fingerprint density at radius 1 is 1.47 bits per heavy atom. The maximum absolute atomic E-state index is 12.7. The van der Waals surface area contributed by atoms with Crippen LogP contribution in [0, 0.1) is 6.92 Å². The van der Waals surface area contributed by atoms with E-state index in [9.17, 15) is 17.1 Å². The second kappa shape index (κ2) is 3.50. The van der Waals surface area contributed by atoms with Crippen LogP contribution in [0.15, 0.2) is 17.0 Å². The topological polar surface area (TPSA) is 97.5 Å². The Morgan fingerprint density at radius 3 is 2.40 bits per heavy atom. The van der Waals surface area contributed by atoms with Gasteiger partial charge in [0.1, 0.15) is 4.90 Å². The van der Waals surface area contributed by atoms with Crippen molar-refractivity contribution in [1.82, 2.24) is 0 Å². The van der Waals surface area contributed by atoms with Crippen LogP contribution >= 0.6 is 0 Å². The third-order valence-corrected chi connectivity index (χ3v) is 2.82. The van der Waals surface area contributed by atoms with Crippen LogP contribution in [0.1, 0.15) is 15.9 Å². The van der Waals surface area contributed by atoms with Crippen molar-refractivity contribution in [3.8, 4) is 0 Å². The fourth-order valence-corrected chi connectivity index (χ4v) is 1.94. The molecule has 0 heterocycles. The third kappa shape index (κ3) is 2.24. The number of carboxylic acid groups (broad SMARTS) is 1. The average Bonchev–Trinajstić information content (AvgIpc) is 2.06. The van der Waals surface area contributed by atoms with Crippen LogP contribution in [-0.4, -0.2) is 19.5 Å². The molecule has 0 radical (unpaired) electrons. The largest absolute Gasteiger partial charge is 0.478 e. The number of benzene rings is 1. The third-order valence-electron chi connectivity index (χ3n) is 1.88. The van der Waals surface area contributed by atoms with E-state index < -0.39 is 21.1 Å². The van der Waals surface area contributed by atoms with Gasteiger partial charge in [-0.25, -0.2) is 4.79 Å². The van der Waals surface area contributed by atoms with Crippen LogP contribution in [0.3, 0.4) is 0 Å². The van der Waals surface area contributed by atoms with Crippen molar-refractivity contribution in [2.75, 3.05) is 5.73 Å². The summed E-state index contributed by atoms with van der Waals surface area (Å²) in [6, 6.07) is 1.96. The summed E-state index contributed by atoms with van der Waals surface area (Å²) < 4.78 is 34.1. The van der Waals surface area contributed by atoms with Crippen LogP contribution in [0.4, 0.5) is 9.57 Å². The number of nitrogen functional groups attached to an aromatic ring is 1. The predicted octanol–water partition coefficient (Wildman–Crippen LogP) is 0.934. The van der Waals surface area contributed by atoms with E-state index in [0.29, 0.717) is 0 Å². The number of nitrogens with two attached hydrogens (primary N) is 1. The summed E-state index contributed by atoms with van der Waals surface area (Å²) in [5, 5.41) is 8.71. The molecule has 0 bridgehead atoms. The van der Waals surface area contributed by atoms with Crippen LogP contribution in [0.25, 0.3) is 0 Å². The van der Waals surface area contributed by atoms with Gasteiger partial charge in [0.25, 0.3) is 0 Å². The zero-order valence-corrected chi connectivity index (χ0v) is 8.51. The lowest BCUT2D eigenvalue weighted by molar-refractivity contribution is 0.0696. The molecule has 0 aliphatic rings. The van der Waals surface area contributed by atoms with Gasteiger partial charge >= 0.3 is 16.2 Å². The lowest BCUT2D eigenvalue weighted by atomic mass is 10.1. The van der Waals surface area contributed by atoms with Gasteiger partial charge in [0.15, 0.2) is 0 Å². The van der Waals surface area contributed by atoms with E-state index in [1.165, 1.54) is 6.92 Å². The Bertz CT molecular complexity index is 524. The molecule has 0 fully saturated rings. The number of hydrogen-bond acceptors (Lipinski definition) is 4. The molecular formula is C8H8FNO4S. The Kier molecular flexibility index (Phi) is 2.67. The first-order valence-corrected chi connectivity index (χ1v) is 5.20. The van der Waals surface area contributed by atoms with E-state index in [4.69, 9.17) is 10.8 Å². The number of aromatic carboxylic acids is 1. The van der Waals surface area contributed by atoms with Crippen molar-refractivity contribution < 1.29 is 22.2 Å². The van der Waals surface area contributed by atoms with Crippen molar-refractivity contribution in [2.24, 2.45) is 0 Å². The minimum Gasteiger partial charge on any atom is -0.478 e. The molecule has 7 heteroatoms. The Labute approximate surface area is 85.5 Å². The lowest BCUT2D eigenvalue weighted by Crippen LogP contribution is -2.06. The molecule has 3 N–H and O–H groups in total. The maximum Gasteiger partial charge on any atom is 0.336 e. The highest BCUT2D eigenvalue weighted by atomic mass is 32.3. The van der Waals surface area contributed by atoms with Gasteiger partial charge in [-0.15, -0.1) is 3.89 Å². The summed E-state index contributed by atoms with van der Waals surface area (Å²) in [5.74, 6) is -1.36. The van der Waals surface area contributed by atoms with Crippen molar-refractivity contribution in [3.05, 3.63) is 23.3 Å². The van der Waals surface area contributed by atoms with Gasteiger partial charge < -0.3 is 10.8 Å². The van der Waals surface area contributed by atoms with E-state index in [1.54, 1.807) is 0 Å². The first kappa shape index (κ1) is 11.4.